The Balaban J connectivity index is 0.995. The summed E-state index contributed by atoms with van der Waals surface area (Å²) in [5.74, 6) is -7.46. The molecule has 4 rings (SSSR count). The molecule has 2 aromatic carbocycles. The van der Waals surface area contributed by atoms with Gasteiger partial charge in [0, 0.05) is 90.2 Å². The molecule has 0 saturated carbocycles. The third-order valence-corrected chi connectivity index (χ3v) is 14.9. The van der Waals surface area contributed by atoms with Crippen molar-refractivity contribution >= 4 is 70.8 Å². The predicted molar refractivity (Wildman–Crippen MR) is 374 cm³/mol. The zero-order valence-electron chi connectivity index (χ0n) is 60.0. The molecule has 0 aliphatic heterocycles. The Kier molecular flexibility index (Phi) is 42.9. The number of benzene rings is 2. The molecule has 4 aromatic rings. The molecule has 0 bridgehead atoms. The predicted octanol–water partition coefficient (Wildman–Crippen LogP) is 4.51. The normalized spacial score (nSPS) is 12.4. The van der Waals surface area contributed by atoms with Crippen molar-refractivity contribution in [3.63, 3.8) is 0 Å². The van der Waals surface area contributed by atoms with E-state index in [1.807, 2.05) is 38.1 Å². The van der Waals surface area contributed by atoms with Gasteiger partial charge in [-0.05, 0) is 110 Å². The first-order chi connectivity index (χ1) is 51.6. The second-order valence-corrected chi connectivity index (χ2v) is 23.9. The van der Waals surface area contributed by atoms with Crippen LogP contribution in [-0.4, -0.2) is 223 Å². The van der Waals surface area contributed by atoms with Gasteiger partial charge in [-0.25, -0.2) is 9.97 Å². The number of carbonyl (C=O) groups is 10. The smallest absolute Gasteiger partial charge is 0.481 e. The molecule has 0 aliphatic rings. The van der Waals surface area contributed by atoms with Crippen molar-refractivity contribution < 1.29 is 122 Å². The number of halogens is 6. The van der Waals surface area contributed by atoms with Crippen LogP contribution in [0.4, 0.5) is 38.0 Å². The lowest BCUT2D eigenvalue weighted by Crippen LogP contribution is -2.48. The standard InChI is InChI=1S/C70H96F6N12O20/c1-47-19-23-79-57(41-47)77-21-5-11-63(93)85-53(67(99)87-55(45-65(95)96)49-7-3-9-51(43-49)107-69(71,72)73)13-15-59(89)81-25-29-101-33-37-105-39-35-103-31-27-83-61(91)17-18-62(92)84-28-32-104-36-40-106-38-34-102-30-26-82-60(90)16-14-54(86-64(94)12-6-22-78-58-42-48(2)20-24-80-58)68(100)88-56(46-66(97)98)50-8-4-10-52(44-50)108-70(74,75)76/h3-4,7-10,19-20,23-24,41-44,53-56H,5-6,11-18,21-22,25-40,45-46H2,1-2H3,(H,77,79)(H,78,80)(H,81,89)(H,82,90)(H,83,91)(H,84,92)(H,85,93)(H,86,94)(H,87,99)(H,88,100)(H,95,96)(H,97,98). The summed E-state index contributed by atoms with van der Waals surface area (Å²) >= 11 is 0. The number of aromatic nitrogens is 2. The van der Waals surface area contributed by atoms with Crippen molar-refractivity contribution in [3.8, 4) is 11.5 Å². The van der Waals surface area contributed by atoms with E-state index < -0.39 is 109 Å². The number of hydrogen-bond donors (Lipinski definition) is 12. The summed E-state index contributed by atoms with van der Waals surface area (Å²) in [5.41, 5.74) is 1.90. The number of aryl methyl sites for hydroxylation is 2. The Labute approximate surface area is 619 Å². The summed E-state index contributed by atoms with van der Waals surface area (Å²) in [6, 6.07) is 10.8. The number of alkyl halides is 6. The van der Waals surface area contributed by atoms with E-state index in [4.69, 9.17) is 28.4 Å². The summed E-state index contributed by atoms with van der Waals surface area (Å²) in [6.07, 6.45) is -8.86. The fraction of sp³-hybridized carbons (Fsp3) is 0.543. The van der Waals surface area contributed by atoms with Crippen LogP contribution in [0, 0.1) is 13.8 Å². The average molecular weight is 1540 g/mol. The highest BCUT2D eigenvalue weighted by Crippen LogP contribution is 2.29. The second kappa shape index (κ2) is 51.3. The first-order valence-corrected chi connectivity index (χ1v) is 34.8. The molecule has 2 heterocycles. The van der Waals surface area contributed by atoms with Crippen molar-refractivity contribution in [2.24, 2.45) is 0 Å². The molecule has 12 N–H and O–H groups in total. The van der Waals surface area contributed by atoms with Gasteiger partial charge in [0.1, 0.15) is 35.2 Å². The lowest BCUT2D eigenvalue weighted by molar-refractivity contribution is -0.275. The number of rotatable bonds is 57. The molecule has 0 spiro atoms. The lowest BCUT2D eigenvalue weighted by Gasteiger charge is -2.23. The SMILES string of the molecule is Cc1ccnc(NCCCC(=O)NC(CCC(=O)NCCOCCOCCOCCNC(=O)CCC(=O)NCCOCCOCCOCCNC(=O)CCC(NC(=O)CCCNc2cc(C)ccn2)C(=O)NC(CC(=O)O)c2cccc(OC(F)(F)F)c2)C(=O)NC(CC(=O)O)c2cccc(OC(F)(F)F)c2)c1. The molecule has 0 aliphatic carbocycles. The van der Waals surface area contributed by atoms with E-state index in [-0.39, 0.29) is 180 Å². The first-order valence-electron chi connectivity index (χ1n) is 34.8. The summed E-state index contributed by atoms with van der Waals surface area (Å²) < 4.78 is 119. The van der Waals surface area contributed by atoms with Gasteiger partial charge in [0.15, 0.2) is 0 Å². The quantitative estimate of drug-likeness (QED) is 0.0214. The zero-order valence-corrected chi connectivity index (χ0v) is 60.0. The molecule has 0 saturated heterocycles. The van der Waals surface area contributed by atoms with E-state index in [1.54, 1.807) is 12.4 Å². The summed E-state index contributed by atoms with van der Waals surface area (Å²) in [6.45, 7) is 7.08. The molecule has 8 amide bonds. The third-order valence-electron chi connectivity index (χ3n) is 14.9. The molecule has 4 unspecified atom stereocenters. The maximum absolute atomic E-state index is 13.7. The van der Waals surface area contributed by atoms with Crippen LogP contribution >= 0.6 is 0 Å². The van der Waals surface area contributed by atoms with Crippen LogP contribution in [0.5, 0.6) is 11.5 Å². The number of aliphatic carboxylic acids is 2. The van der Waals surface area contributed by atoms with Gasteiger partial charge < -0.3 is 101 Å². The lowest BCUT2D eigenvalue weighted by atomic mass is 10.0. The average Bonchev–Trinajstić information content (AvgIpc) is 0.845. The van der Waals surface area contributed by atoms with Crippen LogP contribution in [0.3, 0.4) is 0 Å². The molecule has 2 aromatic heterocycles. The topological polar surface area (TPSA) is 431 Å². The van der Waals surface area contributed by atoms with Crippen molar-refractivity contribution in [3.05, 3.63) is 107 Å². The van der Waals surface area contributed by atoms with Crippen LogP contribution in [0.15, 0.2) is 85.2 Å². The molecular formula is C70H96F6N12O20. The Hall–Kier alpha value is -10.0. The van der Waals surface area contributed by atoms with Gasteiger partial charge in [-0.3, -0.25) is 47.9 Å². The molecule has 38 heteroatoms. The number of carbonyl (C=O) groups excluding carboxylic acids is 8. The van der Waals surface area contributed by atoms with E-state index in [1.165, 1.54) is 24.3 Å². The number of hydrogen-bond acceptors (Lipinski definition) is 22. The molecule has 4 atom stereocenters. The van der Waals surface area contributed by atoms with Gasteiger partial charge >= 0.3 is 24.7 Å². The minimum absolute atomic E-state index is 0.0182. The van der Waals surface area contributed by atoms with E-state index in [2.05, 4.69) is 72.6 Å². The fourth-order valence-corrected chi connectivity index (χ4v) is 9.79. The van der Waals surface area contributed by atoms with Crippen molar-refractivity contribution in [1.29, 1.82) is 0 Å². The van der Waals surface area contributed by atoms with Crippen LogP contribution in [0.2, 0.25) is 0 Å². The molecule has 598 valence electrons. The van der Waals surface area contributed by atoms with Gasteiger partial charge in [-0.15, -0.1) is 26.3 Å². The van der Waals surface area contributed by atoms with Crippen LogP contribution in [0.25, 0.3) is 0 Å². The maximum Gasteiger partial charge on any atom is 0.573 e. The number of ether oxygens (including phenoxy) is 8. The van der Waals surface area contributed by atoms with Gasteiger partial charge in [0.05, 0.1) is 104 Å². The summed E-state index contributed by atoms with van der Waals surface area (Å²) in [7, 11) is 0. The highest BCUT2D eigenvalue weighted by Gasteiger charge is 2.34. The van der Waals surface area contributed by atoms with E-state index >= 15 is 0 Å². The van der Waals surface area contributed by atoms with Gasteiger partial charge in [-0.1, -0.05) is 24.3 Å². The maximum atomic E-state index is 13.7. The van der Waals surface area contributed by atoms with Gasteiger partial charge in [0.25, 0.3) is 0 Å². The zero-order chi connectivity index (χ0) is 79.0. The van der Waals surface area contributed by atoms with E-state index in [9.17, 15) is 84.5 Å². The van der Waals surface area contributed by atoms with Crippen molar-refractivity contribution in [2.75, 3.05) is 129 Å². The second-order valence-electron chi connectivity index (χ2n) is 23.9. The van der Waals surface area contributed by atoms with E-state index in [0.717, 1.165) is 35.4 Å². The van der Waals surface area contributed by atoms with Crippen molar-refractivity contribution in [1.82, 2.24) is 52.5 Å². The van der Waals surface area contributed by atoms with E-state index in [0.29, 0.717) is 37.6 Å². The van der Waals surface area contributed by atoms with Crippen LogP contribution in [-0.2, 0) is 76.4 Å². The monoisotopic (exact) mass is 1540 g/mol. The minimum Gasteiger partial charge on any atom is -0.481 e. The van der Waals surface area contributed by atoms with Gasteiger partial charge in [-0.2, -0.15) is 0 Å². The number of amides is 8. The Morgan fingerprint density at radius 3 is 1.04 bits per heavy atom. The third kappa shape index (κ3) is 43.6. The summed E-state index contributed by atoms with van der Waals surface area (Å²) in [5, 5.41) is 46.1. The number of nitrogens with one attached hydrogen (secondary N) is 10. The molecular weight excluding hydrogens is 1440 g/mol. The Bertz CT molecular complexity index is 3220. The Morgan fingerprint density at radius 2 is 0.722 bits per heavy atom. The molecule has 0 radical (unpaired) electrons. The highest BCUT2D eigenvalue weighted by molar-refractivity contribution is 5.90. The highest BCUT2D eigenvalue weighted by atomic mass is 19.4. The first kappa shape index (κ1) is 90.4. The minimum atomic E-state index is -5.04. The van der Waals surface area contributed by atoms with Gasteiger partial charge in [0.2, 0.25) is 47.3 Å². The largest absolute Gasteiger partial charge is 0.573 e. The number of pyridine rings is 2. The Morgan fingerprint density at radius 1 is 0.398 bits per heavy atom. The van der Waals surface area contributed by atoms with Crippen LogP contribution in [0.1, 0.15) is 111 Å². The number of nitrogens with zero attached hydrogens (tertiary/aromatic N) is 2. The molecule has 108 heavy (non-hydrogen) atoms. The molecule has 32 nitrogen and oxygen atoms in total. The number of carboxylic acids is 2. The fourth-order valence-electron chi connectivity index (χ4n) is 9.79. The summed E-state index contributed by atoms with van der Waals surface area (Å²) in [4.78, 5) is 136. The van der Waals surface area contributed by atoms with Crippen molar-refractivity contribution in [2.45, 2.75) is 128 Å². The number of anilines is 2. The molecule has 0 fully saturated rings. The number of carboxylic acid groups (broad SMARTS) is 2. The van der Waals surface area contributed by atoms with Crippen LogP contribution < -0.4 is 62.6 Å².